The minimum Gasteiger partial charge on any atom is -0.339 e. The molecule has 1 fully saturated rings. The third-order valence-corrected chi connectivity index (χ3v) is 4.15. The van der Waals surface area contributed by atoms with Crippen LogP contribution in [0.5, 0.6) is 0 Å². The molecule has 1 heterocycles. The van der Waals surface area contributed by atoms with E-state index in [9.17, 15) is 14.0 Å². The maximum atomic E-state index is 13.8. The first-order valence-corrected chi connectivity index (χ1v) is 8.20. The van der Waals surface area contributed by atoms with Crippen LogP contribution >= 0.6 is 15.9 Å². The number of benzene rings is 1. The highest BCUT2D eigenvalue weighted by Crippen LogP contribution is 2.18. The lowest BCUT2D eigenvalue weighted by Gasteiger charge is -2.35. The molecular formula is C16H20BrFN2O2. The van der Waals surface area contributed by atoms with Crippen molar-refractivity contribution in [3.63, 3.8) is 0 Å². The van der Waals surface area contributed by atoms with Gasteiger partial charge in [0.25, 0.3) is 5.91 Å². The van der Waals surface area contributed by atoms with E-state index in [0.717, 1.165) is 0 Å². The van der Waals surface area contributed by atoms with Gasteiger partial charge in [-0.3, -0.25) is 9.59 Å². The Balaban J connectivity index is 1.98. The van der Waals surface area contributed by atoms with Gasteiger partial charge in [-0.15, -0.1) is 0 Å². The van der Waals surface area contributed by atoms with Crippen LogP contribution in [0, 0.1) is 11.7 Å². The molecular weight excluding hydrogens is 351 g/mol. The Morgan fingerprint density at radius 1 is 1.18 bits per heavy atom. The van der Waals surface area contributed by atoms with Crippen molar-refractivity contribution < 1.29 is 14.0 Å². The van der Waals surface area contributed by atoms with Crippen LogP contribution in [0.15, 0.2) is 22.7 Å². The second kappa shape index (κ2) is 7.22. The van der Waals surface area contributed by atoms with Crippen molar-refractivity contribution in [2.45, 2.75) is 20.3 Å². The molecule has 0 aliphatic carbocycles. The zero-order valence-electron chi connectivity index (χ0n) is 12.8. The number of amides is 2. The molecule has 22 heavy (non-hydrogen) atoms. The maximum Gasteiger partial charge on any atom is 0.256 e. The highest BCUT2D eigenvalue weighted by atomic mass is 79.9. The van der Waals surface area contributed by atoms with Crippen LogP contribution in [0.1, 0.15) is 30.6 Å². The number of nitrogens with zero attached hydrogens (tertiary/aromatic N) is 2. The molecule has 0 N–H and O–H groups in total. The third kappa shape index (κ3) is 4.06. The van der Waals surface area contributed by atoms with E-state index in [4.69, 9.17) is 0 Å². The number of hydrogen-bond donors (Lipinski definition) is 0. The van der Waals surface area contributed by atoms with E-state index in [-0.39, 0.29) is 17.4 Å². The third-order valence-electron chi connectivity index (χ3n) is 3.66. The summed E-state index contributed by atoms with van der Waals surface area (Å²) < 4.78 is 14.5. The number of hydrogen-bond acceptors (Lipinski definition) is 2. The summed E-state index contributed by atoms with van der Waals surface area (Å²) in [6.07, 6.45) is 0.522. The number of piperazine rings is 1. The van der Waals surface area contributed by atoms with Crippen molar-refractivity contribution >= 4 is 27.7 Å². The molecule has 1 aliphatic rings. The molecule has 1 saturated heterocycles. The fourth-order valence-corrected chi connectivity index (χ4v) is 2.83. The monoisotopic (exact) mass is 370 g/mol. The molecule has 0 radical (unpaired) electrons. The van der Waals surface area contributed by atoms with Crippen LogP contribution in [0.3, 0.4) is 0 Å². The van der Waals surface area contributed by atoms with Crippen LogP contribution in [0.2, 0.25) is 0 Å². The van der Waals surface area contributed by atoms with E-state index in [2.05, 4.69) is 15.9 Å². The van der Waals surface area contributed by atoms with Crippen molar-refractivity contribution in [3.05, 3.63) is 34.1 Å². The normalized spacial score (nSPS) is 15.3. The van der Waals surface area contributed by atoms with E-state index in [1.165, 1.54) is 12.1 Å². The quantitative estimate of drug-likeness (QED) is 0.820. The van der Waals surface area contributed by atoms with Crippen molar-refractivity contribution in [1.82, 2.24) is 9.80 Å². The fraction of sp³-hybridized carbons (Fsp3) is 0.500. The van der Waals surface area contributed by atoms with Gasteiger partial charge in [0.1, 0.15) is 5.82 Å². The molecule has 2 rings (SSSR count). The lowest BCUT2D eigenvalue weighted by molar-refractivity contribution is -0.133. The minimum atomic E-state index is -0.522. The summed E-state index contributed by atoms with van der Waals surface area (Å²) in [6.45, 7) is 5.91. The predicted molar refractivity (Wildman–Crippen MR) is 86.0 cm³/mol. The molecule has 0 bridgehead atoms. The Morgan fingerprint density at radius 3 is 2.36 bits per heavy atom. The molecule has 0 saturated carbocycles. The first-order chi connectivity index (χ1) is 10.4. The Labute approximate surface area is 138 Å². The second-order valence-electron chi connectivity index (χ2n) is 5.90. The Morgan fingerprint density at radius 2 is 1.77 bits per heavy atom. The van der Waals surface area contributed by atoms with E-state index in [1.54, 1.807) is 15.9 Å². The van der Waals surface area contributed by atoms with Crippen LogP contribution < -0.4 is 0 Å². The molecule has 0 spiro atoms. The van der Waals surface area contributed by atoms with Crippen LogP contribution in [0.4, 0.5) is 4.39 Å². The van der Waals surface area contributed by atoms with Crippen molar-refractivity contribution in [2.24, 2.45) is 5.92 Å². The summed E-state index contributed by atoms with van der Waals surface area (Å²) in [4.78, 5) is 27.8. The smallest absolute Gasteiger partial charge is 0.256 e. The van der Waals surface area contributed by atoms with Gasteiger partial charge in [0.2, 0.25) is 5.91 Å². The van der Waals surface area contributed by atoms with Gasteiger partial charge in [0.15, 0.2) is 0 Å². The minimum absolute atomic E-state index is 0.0660. The first-order valence-electron chi connectivity index (χ1n) is 7.40. The van der Waals surface area contributed by atoms with Crippen molar-refractivity contribution in [1.29, 1.82) is 0 Å². The maximum absolute atomic E-state index is 13.8. The van der Waals surface area contributed by atoms with E-state index < -0.39 is 5.82 Å². The fourth-order valence-electron chi connectivity index (χ4n) is 2.47. The van der Waals surface area contributed by atoms with Gasteiger partial charge in [-0.25, -0.2) is 4.39 Å². The van der Waals surface area contributed by atoms with E-state index in [0.29, 0.717) is 43.0 Å². The summed E-state index contributed by atoms with van der Waals surface area (Å²) >= 11 is 3.25. The Bertz CT molecular complexity index is 569. The van der Waals surface area contributed by atoms with Crippen molar-refractivity contribution in [2.75, 3.05) is 26.2 Å². The zero-order valence-corrected chi connectivity index (χ0v) is 14.4. The molecule has 0 atom stereocenters. The molecule has 4 nitrogen and oxygen atoms in total. The highest BCUT2D eigenvalue weighted by Gasteiger charge is 2.26. The molecule has 1 aromatic carbocycles. The number of rotatable bonds is 3. The second-order valence-corrected chi connectivity index (χ2v) is 6.81. The summed E-state index contributed by atoms with van der Waals surface area (Å²) in [5.41, 5.74) is 0.0660. The van der Waals surface area contributed by atoms with Gasteiger partial charge in [-0.2, -0.15) is 0 Å². The topological polar surface area (TPSA) is 40.6 Å². The largest absolute Gasteiger partial charge is 0.339 e. The van der Waals surface area contributed by atoms with Gasteiger partial charge in [-0.05, 0) is 24.1 Å². The SMILES string of the molecule is CC(C)CC(=O)N1CCN(C(=O)c2cc(Br)ccc2F)CC1. The molecule has 1 aromatic rings. The lowest BCUT2D eigenvalue weighted by Crippen LogP contribution is -2.50. The molecule has 0 aromatic heterocycles. The number of carbonyl (C=O) groups excluding carboxylic acids is 2. The Kier molecular flexibility index (Phi) is 5.56. The standard InChI is InChI=1S/C16H20BrFN2O2/c1-11(2)9-15(21)19-5-7-20(8-6-19)16(22)13-10-12(17)3-4-14(13)18/h3-4,10-11H,5-9H2,1-2H3. The Hall–Kier alpha value is -1.43. The zero-order chi connectivity index (χ0) is 16.3. The van der Waals surface area contributed by atoms with E-state index in [1.807, 2.05) is 13.8 Å². The van der Waals surface area contributed by atoms with Gasteiger partial charge in [0, 0.05) is 37.1 Å². The predicted octanol–water partition coefficient (Wildman–Crippen LogP) is 2.92. The average Bonchev–Trinajstić information content (AvgIpc) is 2.48. The average molecular weight is 371 g/mol. The van der Waals surface area contributed by atoms with Crippen molar-refractivity contribution in [3.8, 4) is 0 Å². The molecule has 120 valence electrons. The summed E-state index contributed by atoms with van der Waals surface area (Å²) in [5.74, 6) is -0.403. The summed E-state index contributed by atoms with van der Waals surface area (Å²) in [7, 11) is 0. The van der Waals surface area contributed by atoms with Gasteiger partial charge in [-0.1, -0.05) is 29.8 Å². The van der Waals surface area contributed by atoms with Crippen LogP contribution in [0.25, 0.3) is 0 Å². The molecule has 0 unspecified atom stereocenters. The molecule has 6 heteroatoms. The number of halogens is 2. The van der Waals surface area contributed by atoms with Gasteiger partial charge < -0.3 is 9.80 Å². The van der Waals surface area contributed by atoms with Gasteiger partial charge in [0.05, 0.1) is 5.56 Å². The number of carbonyl (C=O) groups is 2. The molecule has 1 aliphatic heterocycles. The lowest BCUT2D eigenvalue weighted by atomic mass is 10.1. The van der Waals surface area contributed by atoms with Gasteiger partial charge >= 0.3 is 0 Å². The molecule has 2 amide bonds. The van der Waals surface area contributed by atoms with E-state index >= 15 is 0 Å². The summed E-state index contributed by atoms with van der Waals surface area (Å²) in [5, 5.41) is 0. The summed E-state index contributed by atoms with van der Waals surface area (Å²) in [6, 6.07) is 4.34. The highest BCUT2D eigenvalue weighted by molar-refractivity contribution is 9.10. The van der Waals surface area contributed by atoms with Crippen LogP contribution in [-0.2, 0) is 4.79 Å². The first kappa shape index (κ1) is 16.9. The van der Waals surface area contributed by atoms with Crippen LogP contribution in [-0.4, -0.2) is 47.8 Å².